The lowest BCUT2D eigenvalue weighted by Crippen LogP contribution is -2.37. The van der Waals surface area contributed by atoms with Gasteiger partial charge in [0.15, 0.2) is 5.58 Å². The average molecular weight is 690 g/mol. The van der Waals surface area contributed by atoms with E-state index in [2.05, 4.69) is 186 Å². The molecule has 254 valence electrons. The fourth-order valence-electron chi connectivity index (χ4n) is 9.37. The van der Waals surface area contributed by atoms with Gasteiger partial charge in [-0.3, -0.25) is 0 Å². The molecular formula is C49H43NOSi. The maximum absolute atomic E-state index is 6.74. The van der Waals surface area contributed by atoms with Crippen molar-refractivity contribution in [1.29, 1.82) is 0 Å². The second-order valence-electron chi connectivity index (χ2n) is 17.0. The van der Waals surface area contributed by atoms with Crippen LogP contribution in [0.25, 0.3) is 55.0 Å². The molecule has 0 bridgehead atoms. The maximum Gasteiger partial charge on any atom is 0.159 e. The summed E-state index contributed by atoms with van der Waals surface area (Å²) in [5.41, 5.74) is 16.0. The number of fused-ring (bicyclic) bond motifs is 11. The first kappa shape index (κ1) is 31.4. The van der Waals surface area contributed by atoms with Crippen molar-refractivity contribution in [2.75, 3.05) is 4.90 Å². The molecule has 2 aliphatic carbocycles. The summed E-state index contributed by atoms with van der Waals surface area (Å²) in [6.07, 6.45) is 0. The monoisotopic (exact) mass is 689 g/mol. The topological polar surface area (TPSA) is 16.4 Å². The van der Waals surface area contributed by atoms with Gasteiger partial charge in [0.05, 0.1) is 19.4 Å². The van der Waals surface area contributed by atoms with E-state index < -0.39 is 8.07 Å². The van der Waals surface area contributed by atoms with Crippen molar-refractivity contribution in [3.63, 3.8) is 0 Å². The van der Waals surface area contributed by atoms with Gasteiger partial charge < -0.3 is 9.32 Å². The predicted octanol–water partition coefficient (Wildman–Crippen LogP) is 13.4. The molecule has 0 unspecified atom stereocenters. The third kappa shape index (κ3) is 4.23. The first-order valence-electron chi connectivity index (χ1n) is 18.6. The van der Waals surface area contributed by atoms with Crippen LogP contribution in [0, 0.1) is 0 Å². The Bertz CT molecular complexity index is 2780. The van der Waals surface area contributed by atoms with Crippen LogP contribution < -0.4 is 10.1 Å². The van der Waals surface area contributed by atoms with Crippen LogP contribution in [-0.2, 0) is 10.8 Å². The van der Waals surface area contributed by atoms with E-state index >= 15 is 0 Å². The van der Waals surface area contributed by atoms with E-state index in [1.165, 1.54) is 66.2 Å². The van der Waals surface area contributed by atoms with Crippen LogP contribution in [0.1, 0.15) is 49.9 Å². The lowest BCUT2D eigenvalue weighted by molar-refractivity contribution is 0.652. The van der Waals surface area contributed by atoms with Crippen LogP contribution in [0.2, 0.25) is 19.6 Å². The van der Waals surface area contributed by atoms with E-state index in [1.54, 1.807) is 0 Å². The molecule has 8 aromatic rings. The van der Waals surface area contributed by atoms with Gasteiger partial charge in [-0.25, -0.2) is 0 Å². The molecule has 0 spiro atoms. The lowest BCUT2D eigenvalue weighted by Gasteiger charge is -2.30. The Kier molecular flexibility index (Phi) is 6.38. The van der Waals surface area contributed by atoms with E-state index in [0.29, 0.717) is 0 Å². The van der Waals surface area contributed by atoms with E-state index in [4.69, 9.17) is 4.42 Å². The normalized spacial score (nSPS) is 15.1. The van der Waals surface area contributed by atoms with Crippen LogP contribution in [0.15, 0.2) is 138 Å². The Labute approximate surface area is 307 Å². The van der Waals surface area contributed by atoms with E-state index in [0.717, 1.165) is 33.3 Å². The summed E-state index contributed by atoms with van der Waals surface area (Å²) in [5.74, 6) is 0. The molecule has 0 saturated heterocycles. The molecule has 7 aromatic carbocycles. The van der Waals surface area contributed by atoms with Gasteiger partial charge in [-0.05, 0) is 92.4 Å². The molecule has 10 rings (SSSR count). The quantitative estimate of drug-likeness (QED) is 0.171. The standard InChI is InChI=1S/C49H43NOSi/c1-48(2)39-20-12-10-15-32(39)37-27-41-38(28-40(37)48)46-35-18-9-8-16-33(35)44(29-42(46)49(41,3)4)50(30-23-25-31(26-24-30)52(5,6)7)43-21-14-19-36-34-17-11-13-22-45(34)51-47(36)43/h8-29H,1-7H3. The number of rotatable bonds is 4. The highest BCUT2D eigenvalue weighted by atomic mass is 28.3. The van der Waals surface area contributed by atoms with Gasteiger partial charge in [0.25, 0.3) is 0 Å². The summed E-state index contributed by atoms with van der Waals surface area (Å²) in [6.45, 7) is 16.9. The van der Waals surface area contributed by atoms with Crippen LogP contribution in [-0.4, -0.2) is 8.07 Å². The highest BCUT2D eigenvalue weighted by molar-refractivity contribution is 6.88. The summed E-state index contributed by atoms with van der Waals surface area (Å²) in [4.78, 5) is 2.46. The third-order valence-electron chi connectivity index (χ3n) is 12.2. The molecule has 0 aliphatic heterocycles. The number of hydrogen-bond donors (Lipinski definition) is 0. The first-order valence-corrected chi connectivity index (χ1v) is 22.1. The van der Waals surface area contributed by atoms with Crippen molar-refractivity contribution in [1.82, 2.24) is 0 Å². The minimum Gasteiger partial charge on any atom is -0.454 e. The first-order chi connectivity index (χ1) is 24.9. The van der Waals surface area contributed by atoms with Crippen molar-refractivity contribution < 1.29 is 4.42 Å². The number of nitrogens with zero attached hydrogens (tertiary/aromatic N) is 1. The molecular weight excluding hydrogens is 647 g/mol. The molecule has 1 aromatic heterocycles. The fraction of sp³-hybridized carbons (Fsp3) is 0.184. The van der Waals surface area contributed by atoms with Gasteiger partial charge in [-0.15, -0.1) is 0 Å². The van der Waals surface area contributed by atoms with Gasteiger partial charge >= 0.3 is 0 Å². The molecule has 0 atom stereocenters. The molecule has 2 nitrogen and oxygen atoms in total. The molecule has 0 N–H and O–H groups in total. The van der Waals surface area contributed by atoms with E-state index in [1.807, 2.05) is 0 Å². The molecule has 0 amide bonds. The Morgan fingerprint density at radius 3 is 1.87 bits per heavy atom. The maximum atomic E-state index is 6.74. The van der Waals surface area contributed by atoms with Crippen molar-refractivity contribution in [2.45, 2.75) is 58.2 Å². The average Bonchev–Trinajstić information content (AvgIpc) is 3.71. The summed E-state index contributed by atoms with van der Waals surface area (Å²) in [6, 6.07) is 49.9. The fourth-order valence-corrected chi connectivity index (χ4v) is 10.5. The number of furan rings is 1. The van der Waals surface area contributed by atoms with Gasteiger partial charge in [0.1, 0.15) is 5.58 Å². The third-order valence-corrected chi connectivity index (χ3v) is 14.3. The molecule has 0 radical (unpaired) electrons. The zero-order valence-corrected chi connectivity index (χ0v) is 32.1. The summed E-state index contributed by atoms with van der Waals surface area (Å²) in [7, 11) is -1.51. The van der Waals surface area contributed by atoms with E-state index in [-0.39, 0.29) is 10.8 Å². The highest BCUT2D eigenvalue weighted by Crippen LogP contribution is 2.59. The minimum atomic E-state index is -1.51. The molecule has 2 aliphatic rings. The van der Waals surface area contributed by atoms with Crippen LogP contribution >= 0.6 is 0 Å². The van der Waals surface area contributed by atoms with Gasteiger partial charge in [-0.1, -0.05) is 144 Å². The second kappa shape index (κ2) is 10.6. The van der Waals surface area contributed by atoms with Crippen molar-refractivity contribution >= 4 is 63.0 Å². The Hall–Kier alpha value is -5.38. The minimum absolute atomic E-state index is 0.0618. The van der Waals surface area contributed by atoms with Crippen molar-refractivity contribution in [3.05, 3.63) is 156 Å². The van der Waals surface area contributed by atoms with Crippen LogP contribution in [0.3, 0.4) is 0 Å². The number of benzene rings is 7. The zero-order chi connectivity index (χ0) is 35.7. The summed E-state index contributed by atoms with van der Waals surface area (Å²) < 4.78 is 6.74. The van der Waals surface area contributed by atoms with E-state index in [9.17, 15) is 0 Å². The molecule has 52 heavy (non-hydrogen) atoms. The summed E-state index contributed by atoms with van der Waals surface area (Å²) in [5, 5.41) is 6.24. The Morgan fingerprint density at radius 1 is 0.481 bits per heavy atom. The van der Waals surface area contributed by atoms with Gasteiger partial charge in [0, 0.05) is 32.7 Å². The molecule has 0 saturated carbocycles. The zero-order valence-electron chi connectivity index (χ0n) is 31.1. The number of para-hydroxylation sites is 2. The molecule has 0 fully saturated rings. The molecule has 3 heteroatoms. The van der Waals surface area contributed by atoms with Crippen molar-refractivity contribution in [2.24, 2.45) is 0 Å². The lowest BCUT2D eigenvalue weighted by atomic mass is 9.79. The number of hydrogen-bond acceptors (Lipinski definition) is 2. The van der Waals surface area contributed by atoms with Crippen molar-refractivity contribution in [3.8, 4) is 22.3 Å². The smallest absolute Gasteiger partial charge is 0.159 e. The van der Waals surface area contributed by atoms with Crippen LogP contribution in [0.5, 0.6) is 0 Å². The highest BCUT2D eigenvalue weighted by Gasteiger charge is 2.43. The predicted molar refractivity (Wildman–Crippen MR) is 224 cm³/mol. The number of anilines is 3. The molecule has 1 heterocycles. The van der Waals surface area contributed by atoms with Gasteiger partial charge in [-0.2, -0.15) is 0 Å². The van der Waals surface area contributed by atoms with Gasteiger partial charge in [0.2, 0.25) is 0 Å². The largest absolute Gasteiger partial charge is 0.454 e. The Morgan fingerprint density at radius 2 is 1.10 bits per heavy atom. The second-order valence-corrected chi connectivity index (χ2v) is 22.1. The Balaban J connectivity index is 1.26. The van der Waals surface area contributed by atoms with Crippen LogP contribution in [0.4, 0.5) is 17.1 Å². The SMILES string of the molecule is CC1(C)c2ccccc2-c2cc3c(cc21)-c1c(cc(N(c2ccc([Si](C)(C)C)cc2)c2cccc4c2oc2ccccc24)c2ccccc12)C3(C)C. The summed E-state index contributed by atoms with van der Waals surface area (Å²) >= 11 is 0.